The first-order chi connectivity index (χ1) is 9.47. The third-order valence-corrected chi connectivity index (χ3v) is 3.39. The number of nitrogens with zero attached hydrogens (tertiary/aromatic N) is 2. The molecule has 0 saturated heterocycles. The number of hydrogen-bond donors (Lipinski definition) is 0. The molecule has 102 valence electrons. The second kappa shape index (κ2) is 5.66. The van der Waals surface area contributed by atoms with Gasteiger partial charge < -0.3 is 0 Å². The number of nitro benzene ring substituents is 2. The molecule has 0 aromatic heterocycles. The lowest BCUT2D eigenvalue weighted by atomic mass is 10.3. The van der Waals surface area contributed by atoms with E-state index in [-0.39, 0.29) is 15.5 Å². The molecular weight excluding hydrogens is 287 g/mol. The largest absolute Gasteiger partial charge is 0.283 e. The van der Waals surface area contributed by atoms with E-state index in [1.54, 1.807) is 6.07 Å². The Hall–Kier alpha value is -2.48. The van der Waals surface area contributed by atoms with E-state index in [1.165, 1.54) is 24.3 Å². The number of non-ortho nitro benzene ring substituents is 1. The molecule has 0 atom stereocenters. The summed E-state index contributed by atoms with van der Waals surface area (Å²) in [6.07, 6.45) is 0. The number of benzene rings is 2. The maximum Gasteiger partial charge on any atom is 0.283 e. The first-order valence-corrected chi connectivity index (χ1v) is 6.15. The monoisotopic (exact) mass is 294 g/mol. The first-order valence-electron chi connectivity index (χ1n) is 5.33. The number of halogens is 1. The second-order valence-electron chi connectivity index (χ2n) is 3.73. The van der Waals surface area contributed by atoms with E-state index < -0.39 is 21.4 Å². The van der Waals surface area contributed by atoms with Crippen molar-refractivity contribution < 1.29 is 14.2 Å². The van der Waals surface area contributed by atoms with Crippen molar-refractivity contribution in [3.63, 3.8) is 0 Å². The molecule has 0 radical (unpaired) electrons. The average molecular weight is 294 g/mol. The fourth-order valence-corrected chi connectivity index (χ4v) is 2.53. The molecule has 6 nitrogen and oxygen atoms in total. The van der Waals surface area contributed by atoms with Crippen molar-refractivity contribution in [1.29, 1.82) is 0 Å². The van der Waals surface area contributed by atoms with Crippen molar-refractivity contribution in [2.24, 2.45) is 0 Å². The van der Waals surface area contributed by atoms with Gasteiger partial charge in [0.1, 0.15) is 5.82 Å². The van der Waals surface area contributed by atoms with Crippen LogP contribution in [0.5, 0.6) is 0 Å². The summed E-state index contributed by atoms with van der Waals surface area (Å²) < 4.78 is 13.3. The summed E-state index contributed by atoms with van der Waals surface area (Å²) in [4.78, 5) is 20.8. The van der Waals surface area contributed by atoms with Crippen molar-refractivity contribution >= 4 is 23.1 Å². The molecule has 2 rings (SSSR count). The Morgan fingerprint density at radius 2 is 1.70 bits per heavy atom. The fraction of sp³-hybridized carbons (Fsp3) is 0. The summed E-state index contributed by atoms with van der Waals surface area (Å²) >= 11 is 0.902. The van der Waals surface area contributed by atoms with Crippen molar-refractivity contribution in [3.8, 4) is 0 Å². The normalized spacial score (nSPS) is 10.2. The molecule has 0 fully saturated rings. The van der Waals surface area contributed by atoms with Gasteiger partial charge in [0.2, 0.25) is 0 Å². The maximum atomic E-state index is 13.3. The highest BCUT2D eigenvalue weighted by atomic mass is 32.2. The Labute approximate surface area is 116 Å². The minimum atomic E-state index is -0.764. The quantitative estimate of drug-likeness (QED) is 0.632. The third-order valence-electron chi connectivity index (χ3n) is 2.36. The average Bonchev–Trinajstić information content (AvgIpc) is 2.38. The molecule has 0 aliphatic carbocycles. The van der Waals surface area contributed by atoms with Crippen LogP contribution in [-0.4, -0.2) is 9.85 Å². The van der Waals surface area contributed by atoms with Crippen molar-refractivity contribution in [2.75, 3.05) is 0 Å². The van der Waals surface area contributed by atoms with Gasteiger partial charge in [-0.3, -0.25) is 20.2 Å². The van der Waals surface area contributed by atoms with Gasteiger partial charge in [-0.2, -0.15) is 0 Å². The van der Waals surface area contributed by atoms with Crippen LogP contribution in [0.4, 0.5) is 15.8 Å². The van der Waals surface area contributed by atoms with E-state index in [1.807, 2.05) is 0 Å². The van der Waals surface area contributed by atoms with Gasteiger partial charge in [0, 0.05) is 17.0 Å². The smallest absolute Gasteiger partial charge is 0.258 e. The predicted molar refractivity (Wildman–Crippen MR) is 70.3 cm³/mol. The topological polar surface area (TPSA) is 86.3 Å². The molecule has 0 aliphatic rings. The van der Waals surface area contributed by atoms with Crippen LogP contribution < -0.4 is 0 Å². The second-order valence-corrected chi connectivity index (χ2v) is 4.84. The number of hydrogen-bond acceptors (Lipinski definition) is 5. The number of nitro groups is 2. The van der Waals surface area contributed by atoms with Crippen molar-refractivity contribution in [3.05, 3.63) is 68.5 Å². The molecule has 0 heterocycles. The highest BCUT2D eigenvalue weighted by Gasteiger charge is 2.16. The van der Waals surface area contributed by atoms with E-state index in [0.29, 0.717) is 0 Å². The Morgan fingerprint density at radius 3 is 2.35 bits per heavy atom. The Bertz CT molecular complexity index is 693. The van der Waals surface area contributed by atoms with Crippen LogP contribution in [0.1, 0.15) is 0 Å². The van der Waals surface area contributed by atoms with Gasteiger partial charge >= 0.3 is 0 Å². The van der Waals surface area contributed by atoms with Gasteiger partial charge in [0.05, 0.1) is 20.8 Å². The van der Waals surface area contributed by atoms with Crippen LogP contribution in [0, 0.1) is 26.0 Å². The van der Waals surface area contributed by atoms with E-state index in [4.69, 9.17) is 0 Å². The number of para-hydroxylation sites is 1. The van der Waals surface area contributed by atoms with Crippen LogP contribution in [0.3, 0.4) is 0 Å². The lowest BCUT2D eigenvalue weighted by Gasteiger charge is -2.03. The Morgan fingerprint density at radius 1 is 1.00 bits per heavy atom. The number of rotatable bonds is 4. The molecule has 0 saturated carbocycles. The van der Waals surface area contributed by atoms with Crippen LogP contribution in [0.25, 0.3) is 0 Å². The maximum absolute atomic E-state index is 13.3. The summed E-state index contributed by atoms with van der Waals surface area (Å²) in [6, 6.07) is 8.98. The van der Waals surface area contributed by atoms with E-state index in [2.05, 4.69) is 0 Å². The van der Waals surface area contributed by atoms with E-state index in [0.717, 1.165) is 23.9 Å². The molecule has 2 aromatic carbocycles. The molecule has 20 heavy (non-hydrogen) atoms. The summed E-state index contributed by atoms with van der Waals surface area (Å²) in [7, 11) is 0. The van der Waals surface area contributed by atoms with Gasteiger partial charge in [-0.25, -0.2) is 4.39 Å². The van der Waals surface area contributed by atoms with Gasteiger partial charge in [0.25, 0.3) is 11.4 Å². The minimum absolute atomic E-state index is 0.135. The van der Waals surface area contributed by atoms with Gasteiger partial charge in [-0.15, -0.1) is 0 Å². The van der Waals surface area contributed by atoms with Crippen LogP contribution in [-0.2, 0) is 0 Å². The summed E-state index contributed by atoms with van der Waals surface area (Å²) in [5.74, 6) is -0.764. The highest BCUT2D eigenvalue weighted by Crippen LogP contribution is 2.36. The summed E-state index contributed by atoms with van der Waals surface area (Å²) in [5, 5.41) is 21.5. The van der Waals surface area contributed by atoms with E-state index >= 15 is 0 Å². The highest BCUT2D eigenvalue weighted by molar-refractivity contribution is 7.99. The zero-order valence-corrected chi connectivity index (χ0v) is 10.7. The molecule has 0 bridgehead atoms. The molecule has 0 spiro atoms. The van der Waals surface area contributed by atoms with Crippen LogP contribution in [0.2, 0.25) is 0 Å². The van der Waals surface area contributed by atoms with Gasteiger partial charge in [-0.05, 0) is 12.1 Å². The van der Waals surface area contributed by atoms with Gasteiger partial charge in [0.15, 0.2) is 0 Å². The summed E-state index contributed by atoms with van der Waals surface area (Å²) in [6.45, 7) is 0. The lowest BCUT2D eigenvalue weighted by Crippen LogP contribution is -1.92. The Balaban J connectivity index is 2.40. The molecule has 0 N–H and O–H groups in total. The molecule has 0 amide bonds. The van der Waals surface area contributed by atoms with Crippen molar-refractivity contribution in [2.45, 2.75) is 9.79 Å². The minimum Gasteiger partial charge on any atom is -0.258 e. The van der Waals surface area contributed by atoms with Crippen molar-refractivity contribution in [1.82, 2.24) is 0 Å². The molecule has 2 aromatic rings. The third kappa shape index (κ3) is 3.09. The van der Waals surface area contributed by atoms with E-state index in [9.17, 15) is 24.6 Å². The fourth-order valence-electron chi connectivity index (χ4n) is 1.53. The zero-order valence-electron chi connectivity index (χ0n) is 9.86. The first kappa shape index (κ1) is 13.9. The molecule has 8 heteroatoms. The lowest BCUT2D eigenvalue weighted by molar-refractivity contribution is -0.387. The SMILES string of the molecule is O=[N+]([O-])c1cc(F)cc(Sc2ccccc2[N+](=O)[O-])c1. The van der Waals surface area contributed by atoms with Crippen LogP contribution >= 0.6 is 11.8 Å². The van der Waals surface area contributed by atoms with Gasteiger partial charge in [-0.1, -0.05) is 23.9 Å². The standard InChI is InChI=1S/C12H7FN2O4S/c13-8-5-9(14(16)17)7-10(6-8)20-12-4-2-1-3-11(12)15(18)19/h1-7H. The molecule has 0 unspecified atom stereocenters. The zero-order chi connectivity index (χ0) is 14.7. The van der Waals surface area contributed by atoms with Crippen LogP contribution in [0.15, 0.2) is 52.3 Å². The molecular formula is C12H7FN2O4S. The predicted octanol–water partition coefficient (Wildman–Crippen LogP) is 3.79. The summed E-state index contributed by atoms with van der Waals surface area (Å²) in [5.41, 5.74) is -0.532. The Kier molecular flexibility index (Phi) is 3.94. The molecule has 0 aliphatic heterocycles.